The summed E-state index contributed by atoms with van der Waals surface area (Å²) in [5.74, 6) is -1.00. The van der Waals surface area contributed by atoms with E-state index in [-0.39, 0.29) is 25.0 Å². The highest BCUT2D eigenvalue weighted by atomic mass is 16.4. The fourth-order valence-electron chi connectivity index (χ4n) is 2.60. The summed E-state index contributed by atoms with van der Waals surface area (Å²) in [5, 5.41) is 14.9. The van der Waals surface area contributed by atoms with E-state index in [0.29, 0.717) is 26.1 Å². The highest BCUT2D eigenvalue weighted by molar-refractivity contribution is 5.85. The van der Waals surface area contributed by atoms with Crippen LogP contribution in [0.15, 0.2) is 0 Å². The Morgan fingerprint density at radius 1 is 1.19 bits per heavy atom. The first-order valence-corrected chi connectivity index (χ1v) is 7.17. The number of amides is 3. The molecular formula is C13H22N4O4. The molecule has 3 amide bonds. The van der Waals surface area contributed by atoms with Crippen LogP contribution >= 0.6 is 0 Å². The molecule has 0 spiro atoms. The maximum Gasteiger partial charge on any atom is 0.317 e. The number of carboxylic acids is 1. The summed E-state index contributed by atoms with van der Waals surface area (Å²) >= 11 is 0. The molecule has 2 aliphatic heterocycles. The second-order valence-corrected chi connectivity index (χ2v) is 5.83. The summed E-state index contributed by atoms with van der Waals surface area (Å²) in [6.45, 7) is 5.00. The number of carboxylic acid groups (broad SMARTS) is 1. The maximum absolute atomic E-state index is 12.0. The number of likely N-dealkylation sites (tertiary alicyclic amines) is 1. The molecule has 118 valence electrons. The van der Waals surface area contributed by atoms with Crippen LogP contribution in [-0.2, 0) is 9.59 Å². The van der Waals surface area contributed by atoms with Crippen LogP contribution in [0.3, 0.4) is 0 Å². The number of urea groups is 1. The smallest absolute Gasteiger partial charge is 0.317 e. The molecule has 0 bridgehead atoms. The third-order valence-corrected chi connectivity index (χ3v) is 4.14. The van der Waals surface area contributed by atoms with Crippen LogP contribution in [0.1, 0.15) is 13.3 Å². The van der Waals surface area contributed by atoms with E-state index in [0.717, 1.165) is 13.1 Å². The Labute approximate surface area is 123 Å². The van der Waals surface area contributed by atoms with E-state index in [1.807, 2.05) is 0 Å². The Hall–Kier alpha value is -1.83. The van der Waals surface area contributed by atoms with Gasteiger partial charge in [0.15, 0.2) is 0 Å². The molecule has 0 aromatic heterocycles. The molecule has 0 aliphatic carbocycles. The Morgan fingerprint density at radius 3 is 2.43 bits per heavy atom. The number of hydrogen-bond donors (Lipinski definition) is 3. The van der Waals surface area contributed by atoms with Crippen LogP contribution in [0.4, 0.5) is 4.79 Å². The van der Waals surface area contributed by atoms with Crippen molar-refractivity contribution in [1.82, 2.24) is 20.4 Å². The number of piperazine rings is 1. The Morgan fingerprint density at radius 2 is 1.86 bits per heavy atom. The van der Waals surface area contributed by atoms with Crippen molar-refractivity contribution in [2.45, 2.75) is 13.3 Å². The zero-order chi connectivity index (χ0) is 15.5. The van der Waals surface area contributed by atoms with Crippen molar-refractivity contribution in [2.75, 3.05) is 45.8 Å². The number of aliphatic carboxylic acids is 1. The second-order valence-electron chi connectivity index (χ2n) is 5.83. The van der Waals surface area contributed by atoms with Gasteiger partial charge in [-0.3, -0.25) is 9.59 Å². The summed E-state index contributed by atoms with van der Waals surface area (Å²) in [6.07, 6.45) is 0.432. The van der Waals surface area contributed by atoms with Crippen LogP contribution in [0.25, 0.3) is 0 Å². The highest BCUT2D eigenvalue weighted by Gasteiger charge is 2.42. The molecule has 2 saturated heterocycles. The lowest BCUT2D eigenvalue weighted by Crippen LogP contribution is -2.51. The van der Waals surface area contributed by atoms with Crippen molar-refractivity contribution in [3.63, 3.8) is 0 Å². The average Bonchev–Trinajstić information content (AvgIpc) is 2.89. The first-order chi connectivity index (χ1) is 9.92. The zero-order valence-electron chi connectivity index (χ0n) is 12.2. The zero-order valence-corrected chi connectivity index (χ0v) is 12.2. The Balaban J connectivity index is 1.77. The fraction of sp³-hybridized carbons (Fsp3) is 0.769. The minimum atomic E-state index is -0.894. The van der Waals surface area contributed by atoms with Gasteiger partial charge in [0.05, 0.1) is 12.0 Å². The van der Waals surface area contributed by atoms with Crippen LogP contribution in [0, 0.1) is 5.41 Å². The summed E-state index contributed by atoms with van der Waals surface area (Å²) in [6, 6.07) is -0.372. The van der Waals surface area contributed by atoms with Gasteiger partial charge in [-0.25, -0.2) is 4.79 Å². The molecule has 1 unspecified atom stereocenters. The topological polar surface area (TPSA) is 102 Å². The number of rotatable bonds is 3. The molecule has 1 atom stereocenters. The third-order valence-electron chi connectivity index (χ3n) is 4.14. The van der Waals surface area contributed by atoms with Gasteiger partial charge in [-0.1, -0.05) is 0 Å². The van der Waals surface area contributed by atoms with E-state index in [2.05, 4.69) is 10.6 Å². The van der Waals surface area contributed by atoms with E-state index >= 15 is 0 Å². The quantitative estimate of drug-likeness (QED) is 0.615. The van der Waals surface area contributed by atoms with Crippen molar-refractivity contribution in [3.8, 4) is 0 Å². The molecule has 21 heavy (non-hydrogen) atoms. The molecule has 0 saturated carbocycles. The van der Waals surface area contributed by atoms with Gasteiger partial charge in [0.1, 0.15) is 0 Å². The predicted octanol–water partition coefficient (Wildman–Crippen LogP) is -1.08. The Bertz CT molecular complexity index is 436. The monoisotopic (exact) mass is 298 g/mol. The number of nitrogens with zero attached hydrogens (tertiary/aromatic N) is 2. The fourth-order valence-corrected chi connectivity index (χ4v) is 2.60. The number of hydrogen-bond acceptors (Lipinski definition) is 4. The second kappa shape index (κ2) is 6.30. The van der Waals surface area contributed by atoms with Crippen LogP contribution in [0.2, 0.25) is 0 Å². The van der Waals surface area contributed by atoms with Crippen LogP contribution in [-0.4, -0.2) is 78.6 Å². The van der Waals surface area contributed by atoms with Gasteiger partial charge in [0, 0.05) is 39.3 Å². The summed E-state index contributed by atoms with van der Waals surface area (Å²) < 4.78 is 0. The van der Waals surface area contributed by atoms with E-state index < -0.39 is 11.4 Å². The lowest BCUT2D eigenvalue weighted by atomic mass is 9.90. The molecule has 8 nitrogen and oxygen atoms in total. The van der Waals surface area contributed by atoms with Crippen molar-refractivity contribution in [3.05, 3.63) is 0 Å². The Kier molecular flexibility index (Phi) is 4.66. The van der Waals surface area contributed by atoms with Gasteiger partial charge < -0.3 is 25.5 Å². The molecule has 3 N–H and O–H groups in total. The molecule has 2 fully saturated rings. The maximum atomic E-state index is 12.0. The van der Waals surface area contributed by atoms with Gasteiger partial charge in [-0.2, -0.15) is 0 Å². The summed E-state index contributed by atoms with van der Waals surface area (Å²) in [5.41, 5.74) is -0.889. The van der Waals surface area contributed by atoms with E-state index in [1.54, 1.807) is 11.8 Å². The van der Waals surface area contributed by atoms with Crippen LogP contribution < -0.4 is 10.6 Å². The van der Waals surface area contributed by atoms with E-state index in [4.69, 9.17) is 5.11 Å². The van der Waals surface area contributed by atoms with Gasteiger partial charge in [0.25, 0.3) is 0 Å². The van der Waals surface area contributed by atoms with Crippen molar-refractivity contribution >= 4 is 17.9 Å². The molecule has 2 rings (SSSR count). The van der Waals surface area contributed by atoms with E-state index in [9.17, 15) is 14.4 Å². The third kappa shape index (κ3) is 3.63. The number of carbonyl (C=O) groups excluding carboxylic acids is 2. The normalized spacial score (nSPS) is 25.8. The average molecular weight is 298 g/mol. The first-order valence-electron chi connectivity index (χ1n) is 7.17. The standard InChI is InChI=1S/C13H22N4O4/c1-13(11(19)20)2-5-17(9-13)12(21)15-8-10(18)16-6-3-14-4-7-16/h14H,2-9H2,1H3,(H,15,21)(H,19,20). The lowest BCUT2D eigenvalue weighted by Gasteiger charge is -2.28. The number of carbonyl (C=O) groups is 3. The molecule has 2 aliphatic rings. The number of nitrogens with one attached hydrogen (secondary N) is 2. The molecule has 2 heterocycles. The predicted molar refractivity (Wildman–Crippen MR) is 74.8 cm³/mol. The van der Waals surface area contributed by atoms with Crippen LogP contribution in [0.5, 0.6) is 0 Å². The molecular weight excluding hydrogens is 276 g/mol. The largest absolute Gasteiger partial charge is 0.481 e. The highest BCUT2D eigenvalue weighted by Crippen LogP contribution is 2.29. The van der Waals surface area contributed by atoms with Gasteiger partial charge in [-0.15, -0.1) is 0 Å². The van der Waals surface area contributed by atoms with Crippen molar-refractivity contribution in [2.24, 2.45) is 5.41 Å². The van der Waals surface area contributed by atoms with Crippen molar-refractivity contribution < 1.29 is 19.5 Å². The molecule has 0 radical (unpaired) electrons. The molecule has 0 aromatic carbocycles. The molecule has 0 aromatic rings. The SMILES string of the molecule is CC1(C(=O)O)CCN(C(=O)NCC(=O)N2CCNCC2)C1. The lowest BCUT2D eigenvalue weighted by molar-refractivity contribution is -0.147. The summed E-state index contributed by atoms with van der Waals surface area (Å²) in [7, 11) is 0. The van der Waals surface area contributed by atoms with Gasteiger partial charge in [-0.05, 0) is 13.3 Å². The van der Waals surface area contributed by atoms with Gasteiger partial charge in [0.2, 0.25) is 5.91 Å². The minimum Gasteiger partial charge on any atom is -0.481 e. The first kappa shape index (κ1) is 15.6. The van der Waals surface area contributed by atoms with E-state index in [1.165, 1.54) is 4.90 Å². The van der Waals surface area contributed by atoms with Gasteiger partial charge >= 0.3 is 12.0 Å². The molecule has 8 heteroatoms. The van der Waals surface area contributed by atoms with Crippen molar-refractivity contribution in [1.29, 1.82) is 0 Å². The summed E-state index contributed by atoms with van der Waals surface area (Å²) in [4.78, 5) is 38.2. The minimum absolute atomic E-state index is 0.0425.